The van der Waals surface area contributed by atoms with Gasteiger partial charge in [-0.15, -0.1) is 0 Å². The molecule has 2 aromatic heterocycles. The maximum atomic E-state index is 11.4. The van der Waals surface area contributed by atoms with E-state index in [9.17, 15) is 25.2 Å². The van der Waals surface area contributed by atoms with E-state index in [1.807, 2.05) is 0 Å². The van der Waals surface area contributed by atoms with Crippen LogP contribution in [0.5, 0.6) is 0 Å². The van der Waals surface area contributed by atoms with Gasteiger partial charge in [-0.2, -0.15) is 0 Å². The molecule has 1 aliphatic heterocycles. The molecule has 26 heavy (non-hydrogen) atoms. The summed E-state index contributed by atoms with van der Waals surface area (Å²) in [6, 6.07) is -0.868. The number of nitrogens with one attached hydrogen (secondary N) is 1. The predicted molar refractivity (Wildman–Crippen MR) is 88.2 cm³/mol. The molecule has 0 spiro atoms. The van der Waals surface area contributed by atoms with Crippen LogP contribution < -0.4 is 5.32 Å². The summed E-state index contributed by atoms with van der Waals surface area (Å²) in [5.74, 6) is -0.976. The van der Waals surface area contributed by atoms with Gasteiger partial charge in [0.25, 0.3) is 0 Å². The summed E-state index contributed by atoms with van der Waals surface area (Å²) in [5.41, 5.74) is 0.599. The van der Waals surface area contributed by atoms with Crippen LogP contribution in [0.4, 0.5) is 5.82 Å². The number of aliphatic hydroxyl groups excluding tert-OH is 3. The fraction of sp³-hybridized carbons (Fsp3) is 0.600. The Balaban J connectivity index is 1.96. The summed E-state index contributed by atoms with van der Waals surface area (Å²) in [5, 5.41) is 41.5. The number of rotatable bonds is 6. The molecule has 1 fully saturated rings. The average molecular weight is 367 g/mol. The molecule has 5 atom stereocenters. The van der Waals surface area contributed by atoms with Crippen LogP contribution >= 0.6 is 0 Å². The van der Waals surface area contributed by atoms with Gasteiger partial charge in [0.2, 0.25) is 0 Å². The molecule has 0 amide bonds. The number of anilines is 1. The fourth-order valence-corrected chi connectivity index (χ4v) is 2.91. The van der Waals surface area contributed by atoms with E-state index in [2.05, 4.69) is 20.3 Å². The summed E-state index contributed by atoms with van der Waals surface area (Å²) in [6.45, 7) is 3.08. The lowest BCUT2D eigenvalue weighted by Gasteiger charge is -2.19. The molecule has 0 bridgehead atoms. The minimum Gasteiger partial charge on any atom is -0.480 e. The molecule has 1 aliphatic rings. The number of nitrogens with zero attached hydrogens (tertiary/aromatic N) is 4. The molecule has 3 rings (SSSR count). The van der Waals surface area contributed by atoms with Gasteiger partial charge >= 0.3 is 5.97 Å². The SMILES string of the molecule is CC(C)[C@@H](Nc1ncnc2c1ncn2[C@@H]1O[C@H](CO)C(O)C1O)C(=O)O. The molecule has 0 aromatic carbocycles. The van der Waals surface area contributed by atoms with Crippen LogP contribution in [0.1, 0.15) is 20.1 Å². The highest BCUT2D eigenvalue weighted by atomic mass is 16.6. The zero-order valence-electron chi connectivity index (χ0n) is 14.2. The number of carbonyl (C=O) groups is 1. The van der Waals surface area contributed by atoms with Crippen LogP contribution in [0.15, 0.2) is 12.7 Å². The largest absolute Gasteiger partial charge is 0.480 e. The van der Waals surface area contributed by atoms with E-state index in [0.29, 0.717) is 11.2 Å². The number of carboxylic acids is 1. The van der Waals surface area contributed by atoms with Crippen molar-refractivity contribution in [2.75, 3.05) is 11.9 Å². The Bertz CT molecular complexity index is 796. The van der Waals surface area contributed by atoms with E-state index >= 15 is 0 Å². The maximum Gasteiger partial charge on any atom is 0.326 e. The van der Waals surface area contributed by atoms with E-state index in [1.165, 1.54) is 17.2 Å². The number of aliphatic hydroxyl groups is 3. The Hall–Kier alpha value is -2.34. The number of aromatic nitrogens is 4. The van der Waals surface area contributed by atoms with E-state index in [1.54, 1.807) is 13.8 Å². The van der Waals surface area contributed by atoms with Crippen LogP contribution in [0.3, 0.4) is 0 Å². The highest BCUT2D eigenvalue weighted by molar-refractivity contribution is 5.86. The van der Waals surface area contributed by atoms with Crippen molar-refractivity contribution in [3.8, 4) is 0 Å². The monoisotopic (exact) mass is 367 g/mol. The normalized spacial score (nSPS) is 27.2. The Morgan fingerprint density at radius 3 is 2.62 bits per heavy atom. The highest BCUT2D eigenvalue weighted by Crippen LogP contribution is 2.32. The summed E-state index contributed by atoms with van der Waals surface area (Å²) in [4.78, 5) is 23.8. The predicted octanol–water partition coefficient (Wildman–Crippen LogP) is -1.04. The molecule has 0 radical (unpaired) electrons. The molecule has 0 saturated carbocycles. The minimum absolute atomic E-state index is 0.194. The van der Waals surface area contributed by atoms with Crippen molar-refractivity contribution < 1.29 is 30.0 Å². The molecule has 3 heterocycles. The Labute approximate surface area is 148 Å². The Kier molecular flexibility index (Phi) is 5.05. The van der Waals surface area contributed by atoms with Gasteiger partial charge in [-0.25, -0.2) is 19.7 Å². The van der Waals surface area contributed by atoms with Crippen LogP contribution in [-0.2, 0) is 9.53 Å². The average Bonchev–Trinajstić information content (AvgIpc) is 3.14. The van der Waals surface area contributed by atoms with Crippen LogP contribution in [-0.4, -0.2) is 76.9 Å². The molecule has 142 valence electrons. The van der Waals surface area contributed by atoms with Gasteiger partial charge in [0.1, 0.15) is 30.7 Å². The van der Waals surface area contributed by atoms with E-state index < -0.39 is 43.2 Å². The van der Waals surface area contributed by atoms with Gasteiger partial charge in [0.05, 0.1) is 12.9 Å². The van der Waals surface area contributed by atoms with E-state index in [-0.39, 0.29) is 11.7 Å². The van der Waals surface area contributed by atoms with Gasteiger partial charge in [-0.1, -0.05) is 13.8 Å². The van der Waals surface area contributed by atoms with Gasteiger partial charge in [0, 0.05) is 0 Å². The van der Waals surface area contributed by atoms with Crippen LogP contribution in [0.25, 0.3) is 11.2 Å². The number of imidazole rings is 1. The molecule has 2 unspecified atom stereocenters. The summed E-state index contributed by atoms with van der Waals surface area (Å²) in [6.07, 6.45) is -1.85. The quantitative estimate of drug-likeness (QED) is 0.426. The lowest BCUT2D eigenvalue weighted by molar-refractivity contribution is -0.138. The first-order valence-corrected chi connectivity index (χ1v) is 8.14. The van der Waals surface area contributed by atoms with Crippen molar-refractivity contribution in [3.05, 3.63) is 12.7 Å². The Morgan fingerprint density at radius 1 is 1.31 bits per heavy atom. The first-order chi connectivity index (χ1) is 12.3. The van der Waals surface area contributed by atoms with Crippen molar-refractivity contribution in [2.24, 2.45) is 5.92 Å². The molecular formula is C15H21N5O6. The molecule has 1 saturated heterocycles. The standard InChI is InChI=1S/C15H21N5O6/c1-6(2)8(15(24)25)19-12-9-13(17-4-16-12)20(5-18-9)14-11(23)10(22)7(3-21)26-14/h4-8,10-11,14,21-23H,3H2,1-2H3,(H,24,25)(H,16,17,19)/t7-,8-,10?,11?,14-/m1/s1. The van der Waals surface area contributed by atoms with Crippen LogP contribution in [0, 0.1) is 5.92 Å². The summed E-state index contributed by atoms with van der Waals surface area (Å²) < 4.78 is 6.90. The zero-order valence-corrected chi connectivity index (χ0v) is 14.2. The lowest BCUT2D eigenvalue weighted by Crippen LogP contribution is -2.34. The third kappa shape index (κ3) is 3.09. The maximum absolute atomic E-state index is 11.4. The smallest absolute Gasteiger partial charge is 0.326 e. The number of hydrogen-bond acceptors (Lipinski definition) is 9. The van der Waals surface area contributed by atoms with Crippen LogP contribution in [0.2, 0.25) is 0 Å². The Morgan fingerprint density at radius 2 is 2.04 bits per heavy atom. The number of fused-ring (bicyclic) bond motifs is 1. The van der Waals surface area contributed by atoms with Crippen molar-refractivity contribution in [1.29, 1.82) is 0 Å². The number of aliphatic carboxylic acids is 1. The third-order valence-electron chi connectivity index (χ3n) is 4.38. The first kappa shape index (κ1) is 18.5. The second-order valence-electron chi connectivity index (χ2n) is 6.48. The summed E-state index contributed by atoms with van der Waals surface area (Å²) >= 11 is 0. The number of carboxylic acid groups (broad SMARTS) is 1. The van der Waals surface area contributed by atoms with E-state index in [0.717, 1.165) is 0 Å². The number of ether oxygens (including phenoxy) is 1. The van der Waals surface area contributed by atoms with Crippen molar-refractivity contribution in [3.63, 3.8) is 0 Å². The fourth-order valence-electron chi connectivity index (χ4n) is 2.91. The molecule has 5 N–H and O–H groups in total. The minimum atomic E-state index is -1.28. The first-order valence-electron chi connectivity index (χ1n) is 8.14. The van der Waals surface area contributed by atoms with Crippen molar-refractivity contribution in [2.45, 2.75) is 44.4 Å². The molecule has 0 aliphatic carbocycles. The summed E-state index contributed by atoms with van der Waals surface area (Å²) in [7, 11) is 0. The van der Waals surface area contributed by atoms with Gasteiger partial charge in [-0.05, 0) is 5.92 Å². The van der Waals surface area contributed by atoms with Crippen molar-refractivity contribution in [1.82, 2.24) is 19.5 Å². The van der Waals surface area contributed by atoms with E-state index in [4.69, 9.17) is 4.74 Å². The molecule has 2 aromatic rings. The topological polar surface area (TPSA) is 163 Å². The van der Waals surface area contributed by atoms with Gasteiger partial charge < -0.3 is 30.5 Å². The third-order valence-corrected chi connectivity index (χ3v) is 4.38. The van der Waals surface area contributed by atoms with Gasteiger partial charge in [0.15, 0.2) is 23.2 Å². The molecular weight excluding hydrogens is 346 g/mol. The van der Waals surface area contributed by atoms with Crippen molar-refractivity contribution >= 4 is 23.0 Å². The second-order valence-corrected chi connectivity index (χ2v) is 6.48. The highest BCUT2D eigenvalue weighted by Gasteiger charge is 2.44. The zero-order chi connectivity index (χ0) is 19.0. The lowest BCUT2D eigenvalue weighted by atomic mass is 10.1. The van der Waals surface area contributed by atoms with Gasteiger partial charge in [-0.3, -0.25) is 4.57 Å². The second kappa shape index (κ2) is 7.11. The molecule has 11 heteroatoms. The number of hydrogen-bond donors (Lipinski definition) is 5. The molecule has 11 nitrogen and oxygen atoms in total.